The van der Waals surface area contributed by atoms with Gasteiger partial charge in [0.15, 0.2) is 0 Å². The molecule has 76 valence electrons. The fourth-order valence-corrected chi connectivity index (χ4v) is 1.58. The van der Waals surface area contributed by atoms with Crippen molar-refractivity contribution in [3.05, 3.63) is 18.3 Å². The first-order valence-electron chi connectivity index (χ1n) is 5.08. The molecule has 1 aromatic rings. The van der Waals surface area contributed by atoms with Gasteiger partial charge in [0.05, 0.1) is 6.10 Å². The first kappa shape index (κ1) is 9.40. The van der Waals surface area contributed by atoms with Crippen molar-refractivity contribution in [2.75, 3.05) is 18.5 Å². The molecular formula is C10H15N3O. The predicted octanol–water partition coefficient (Wildman–Crippen LogP) is 1.46. The van der Waals surface area contributed by atoms with Gasteiger partial charge >= 0.3 is 0 Å². The van der Waals surface area contributed by atoms with Crippen LogP contribution in [0.3, 0.4) is 0 Å². The lowest BCUT2D eigenvalue weighted by molar-refractivity contribution is 0.0247. The van der Waals surface area contributed by atoms with Gasteiger partial charge in [0.25, 0.3) is 0 Å². The van der Waals surface area contributed by atoms with Crippen molar-refractivity contribution in [3.8, 4) is 0 Å². The summed E-state index contributed by atoms with van der Waals surface area (Å²) in [4.78, 5) is 0. The first-order chi connectivity index (χ1) is 6.95. The van der Waals surface area contributed by atoms with Gasteiger partial charge < -0.3 is 10.1 Å². The lowest BCUT2D eigenvalue weighted by Gasteiger charge is -2.22. The maximum atomic E-state index is 5.59. The molecule has 0 aliphatic carbocycles. The molecule has 1 aromatic heterocycles. The van der Waals surface area contributed by atoms with Gasteiger partial charge in [-0.25, -0.2) is 0 Å². The van der Waals surface area contributed by atoms with E-state index in [2.05, 4.69) is 15.5 Å². The second-order valence-electron chi connectivity index (χ2n) is 3.48. The zero-order chi connectivity index (χ0) is 9.64. The van der Waals surface area contributed by atoms with Crippen molar-refractivity contribution in [3.63, 3.8) is 0 Å². The molecule has 0 saturated carbocycles. The topological polar surface area (TPSA) is 47.0 Å². The Morgan fingerprint density at radius 3 is 3.21 bits per heavy atom. The number of aromatic nitrogens is 2. The average molecular weight is 193 g/mol. The molecule has 0 amide bonds. The number of nitrogens with one attached hydrogen (secondary N) is 1. The minimum absolute atomic E-state index is 0.339. The lowest BCUT2D eigenvalue weighted by Crippen LogP contribution is -2.27. The van der Waals surface area contributed by atoms with Crippen LogP contribution in [0.2, 0.25) is 0 Å². The normalized spacial score (nSPS) is 21.9. The molecule has 0 bridgehead atoms. The van der Waals surface area contributed by atoms with Crippen molar-refractivity contribution in [2.45, 2.75) is 25.4 Å². The van der Waals surface area contributed by atoms with Gasteiger partial charge in [-0.3, -0.25) is 0 Å². The van der Waals surface area contributed by atoms with Gasteiger partial charge in [-0.1, -0.05) is 0 Å². The zero-order valence-electron chi connectivity index (χ0n) is 8.15. The van der Waals surface area contributed by atoms with Gasteiger partial charge in [-0.2, -0.15) is 5.10 Å². The Labute approximate surface area is 83.7 Å². The van der Waals surface area contributed by atoms with Crippen LogP contribution in [0.4, 0.5) is 5.82 Å². The van der Waals surface area contributed by atoms with Crippen molar-refractivity contribution in [1.29, 1.82) is 0 Å². The quantitative estimate of drug-likeness (QED) is 0.789. The summed E-state index contributed by atoms with van der Waals surface area (Å²) in [7, 11) is 0. The van der Waals surface area contributed by atoms with Gasteiger partial charge in [0, 0.05) is 19.3 Å². The van der Waals surface area contributed by atoms with Crippen molar-refractivity contribution in [2.24, 2.45) is 0 Å². The molecule has 1 N–H and O–H groups in total. The molecule has 0 radical (unpaired) electrons. The molecule has 1 aliphatic heterocycles. The van der Waals surface area contributed by atoms with E-state index in [1.807, 2.05) is 12.1 Å². The van der Waals surface area contributed by atoms with Gasteiger partial charge in [-0.15, -0.1) is 5.10 Å². The fraction of sp³-hybridized carbons (Fsp3) is 0.600. The van der Waals surface area contributed by atoms with Crippen LogP contribution in [0.5, 0.6) is 0 Å². The number of rotatable bonds is 3. The zero-order valence-corrected chi connectivity index (χ0v) is 8.15. The third-order valence-electron chi connectivity index (χ3n) is 2.36. The third-order valence-corrected chi connectivity index (χ3v) is 2.36. The smallest absolute Gasteiger partial charge is 0.148 e. The molecule has 4 nitrogen and oxygen atoms in total. The van der Waals surface area contributed by atoms with E-state index in [4.69, 9.17) is 4.74 Å². The molecule has 14 heavy (non-hydrogen) atoms. The molecule has 2 rings (SSSR count). The van der Waals surface area contributed by atoms with Crippen molar-refractivity contribution < 1.29 is 4.74 Å². The lowest BCUT2D eigenvalue weighted by atomic mass is 10.1. The highest BCUT2D eigenvalue weighted by Crippen LogP contribution is 2.12. The minimum atomic E-state index is 0.339. The van der Waals surface area contributed by atoms with E-state index in [0.717, 1.165) is 25.4 Å². The standard InChI is InChI=1S/C10H15N3O/c1-2-7-14-9(4-1)8-11-10-5-3-6-12-13-10/h3,5-6,9H,1-2,4,7-8H2,(H,11,13). The van der Waals surface area contributed by atoms with Crippen LogP contribution in [0.1, 0.15) is 19.3 Å². The Hall–Kier alpha value is -1.16. The number of hydrogen-bond donors (Lipinski definition) is 1. The Morgan fingerprint density at radius 2 is 2.50 bits per heavy atom. The highest BCUT2D eigenvalue weighted by atomic mass is 16.5. The molecule has 1 atom stereocenters. The van der Waals surface area contributed by atoms with Gasteiger partial charge in [0.1, 0.15) is 5.82 Å². The molecule has 1 unspecified atom stereocenters. The summed E-state index contributed by atoms with van der Waals surface area (Å²) in [6.07, 6.45) is 5.62. The Bertz CT molecular complexity index is 259. The average Bonchev–Trinajstić information content (AvgIpc) is 2.29. The summed E-state index contributed by atoms with van der Waals surface area (Å²) in [5.41, 5.74) is 0. The molecule has 0 aromatic carbocycles. The summed E-state index contributed by atoms with van der Waals surface area (Å²) >= 11 is 0. The summed E-state index contributed by atoms with van der Waals surface area (Å²) in [6.45, 7) is 1.73. The minimum Gasteiger partial charge on any atom is -0.376 e. The van der Waals surface area contributed by atoms with E-state index in [1.54, 1.807) is 6.20 Å². The van der Waals surface area contributed by atoms with E-state index in [-0.39, 0.29) is 0 Å². The van der Waals surface area contributed by atoms with Crippen LogP contribution in [0, 0.1) is 0 Å². The van der Waals surface area contributed by atoms with Crippen LogP contribution >= 0.6 is 0 Å². The molecule has 1 fully saturated rings. The SMILES string of the molecule is c1cnnc(NCC2CCCCO2)c1. The predicted molar refractivity (Wildman–Crippen MR) is 54.1 cm³/mol. The van der Waals surface area contributed by atoms with E-state index in [1.165, 1.54) is 12.8 Å². The van der Waals surface area contributed by atoms with Crippen LogP contribution in [-0.4, -0.2) is 29.5 Å². The van der Waals surface area contributed by atoms with Crippen LogP contribution < -0.4 is 5.32 Å². The summed E-state index contributed by atoms with van der Waals surface area (Å²) in [5.74, 6) is 0.821. The van der Waals surface area contributed by atoms with Crippen molar-refractivity contribution >= 4 is 5.82 Å². The van der Waals surface area contributed by atoms with E-state index in [9.17, 15) is 0 Å². The highest BCUT2D eigenvalue weighted by molar-refractivity contribution is 5.31. The van der Waals surface area contributed by atoms with Crippen LogP contribution in [0.25, 0.3) is 0 Å². The maximum absolute atomic E-state index is 5.59. The van der Waals surface area contributed by atoms with E-state index >= 15 is 0 Å². The number of hydrogen-bond acceptors (Lipinski definition) is 4. The van der Waals surface area contributed by atoms with Crippen LogP contribution in [-0.2, 0) is 4.74 Å². The molecular weight excluding hydrogens is 178 g/mol. The van der Waals surface area contributed by atoms with Crippen LogP contribution in [0.15, 0.2) is 18.3 Å². The number of anilines is 1. The van der Waals surface area contributed by atoms with E-state index in [0.29, 0.717) is 6.10 Å². The largest absolute Gasteiger partial charge is 0.376 e. The Morgan fingerprint density at radius 1 is 1.50 bits per heavy atom. The monoisotopic (exact) mass is 193 g/mol. The second kappa shape index (κ2) is 4.91. The first-order valence-corrected chi connectivity index (χ1v) is 5.08. The van der Waals surface area contributed by atoms with Gasteiger partial charge in [-0.05, 0) is 31.4 Å². The molecule has 1 saturated heterocycles. The van der Waals surface area contributed by atoms with E-state index < -0.39 is 0 Å². The molecule has 1 aliphatic rings. The summed E-state index contributed by atoms with van der Waals surface area (Å²) in [5, 5.41) is 11.0. The van der Waals surface area contributed by atoms with Gasteiger partial charge in [0.2, 0.25) is 0 Å². The fourth-order valence-electron chi connectivity index (χ4n) is 1.58. The Kier molecular flexibility index (Phi) is 3.29. The summed E-state index contributed by atoms with van der Waals surface area (Å²) < 4.78 is 5.59. The highest BCUT2D eigenvalue weighted by Gasteiger charge is 2.13. The third kappa shape index (κ3) is 2.67. The summed E-state index contributed by atoms with van der Waals surface area (Å²) in [6, 6.07) is 3.78. The maximum Gasteiger partial charge on any atom is 0.148 e. The second-order valence-corrected chi connectivity index (χ2v) is 3.48. The van der Waals surface area contributed by atoms with Crippen molar-refractivity contribution in [1.82, 2.24) is 10.2 Å². The number of nitrogens with zero attached hydrogens (tertiary/aromatic N) is 2. The molecule has 4 heteroatoms. The number of ether oxygens (including phenoxy) is 1. The molecule has 0 spiro atoms. The Balaban J connectivity index is 1.76. The molecule has 2 heterocycles.